The van der Waals surface area contributed by atoms with Gasteiger partial charge in [0, 0.05) is 25.2 Å². The second-order valence-electron chi connectivity index (χ2n) is 4.16. The molecule has 0 aliphatic heterocycles. The maximum atomic E-state index is 12.1. The minimum atomic E-state index is -0.727. The number of nitrogens with one attached hydrogen (secondary N) is 1. The van der Waals surface area contributed by atoms with E-state index in [0.29, 0.717) is 6.54 Å². The summed E-state index contributed by atoms with van der Waals surface area (Å²) in [7, 11) is 1.41. The van der Waals surface area contributed by atoms with Crippen LogP contribution in [0, 0.1) is 10.1 Å². The van der Waals surface area contributed by atoms with Gasteiger partial charge in [0.05, 0.1) is 16.5 Å². The third-order valence-corrected chi connectivity index (χ3v) is 3.35. The van der Waals surface area contributed by atoms with Gasteiger partial charge in [-0.25, -0.2) is 0 Å². The van der Waals surface area contributed by atoms with E-state index in [1.807, 2.05) is 0 Å². The summed E-state index contributed by atoms with van der Waals surface area (Å²) in [4.78, 5) is 34.8. The molecule has 0 fully saturated rings. The molecule has 1 N–H and O–H groups in total. The van der Waals surface area contributed by atoms with Crippen LogP contribution in [0.3, 0.4) is 0 Å². The zero-order valence-corrected chi connectivity index (χ0v) is 12.9. The van der Waals surface area contributed by atoms with Crippen LogP contribution in [0.25, 0.3) is 0 Å². The lowest BCUT2D eigenvalue weighted by atomic mass is 10.1. The van der Waals surface area contributed by atoms with Crippen LogP contribution in [0.4, 0.5) is 5.69 Å². The number of nitro benzene ring substituents is 1. The van der Waals surface area contributed by atoms with E-state index in [1.54, 1.807) is 6.92 Å². The van der Waals surface area contributed by atoms with Gasteiger partial charge in [0.15, 0.2) is 0 Å². The standard InChI is InChI=1S/C12H13Cl2N3O4/c1-3-15-10(18)6-16(2)12(19)7-4-8(13)11(14)9(5-7)17(20)21/h4-5H,3,6H2,1-2H3,(H,15,18). The molecule has 7 nitrogen and oxygen atoms in total. The van der Waals surface area contributed by atoms with Crippen LogP contribution < -0.4 is 5.32 Å². The molecule has 0 atom stereocenters. The van der Waals surface area contributed by atoms with E-state index >= 15 is 0 Å². The van der Waals surface area contributed by atoms with Crippen molar-refractivity contribution in [2.75, 3.05) is 20.1 Å². The average molecular weight is 334 g/mol. The summed E-state index contributed by atoms with van der Waals surface area (Å²) in [6, 6.07) is 2.26. The van der Waals surface area contributed by atoms with Crippen molar-refractivity contribution in [1.29, 1.82) is 0 Å². The molecule has 0 aliphatic carbocycles. The molecule has 2 amide bonds. The normalized spacial score (nSPS) is 10.1. The lowest BCUT2D eigenvalue weighted by Gasteiger charge is -2.16. The third-order valence-electron chi connectivity index (χ3n) is 2.55. The number of halogens is 2. The van der Waals surface area contributed by atoms with Gasteiger partial charge in [-0.3, -0.25) is 19.7 Å². The van der Waals surface area contributed by atoms with E-state index < -0.39 is 16.5 Å². The minimum Gasteiger partial charge on any atom is -0.355 e. The summed E-state index contributed by atoms with van der Waals surface area (Å²) >= 11 is 11.5. The van der Waals surface area contributed by atoms with Gasteiger partial charge in [0.1, 0.15) is 5.02 Å². The Balaban J connectivity index is 3.02. The number of nitrogens with zero attached hydrogens (tertiary/aromatic N) is 2. The molecule has 0 bridgehead atoms. The van der Waals surface area contributed by atoms with E-state index in [4.69, 9.17) is 23.2 Å². The Morgan fingerprint density at radius 3 is 2.52 bits per heavy atom. The summed E-state index contributed by atoms with van der Waals surface area (Å²) in [5.74, 6) is -0.897. The molecular weight excluding hydrogens is 321 g/mol. The van der Waals surface area contributed by atoms with Crippen molar-refractivity contribution in [2.24, 2.45) is 0 Å². The second kappa shape index (κ2) is 7.24. The number of carbonyl (C=O) groups excluding carboxylic acids is 2. The third kappa shape index (κ3) is 4.30. The molecule has 114 valence electrons. The highest BCUT2D eigenvalue weighted by Gasteiger charge is 2.22. The Labute approximate surface area is 131 Å². The van der Waals surface area contributed by atoms with E-state index in [9.17, 15) is 19.7 Å². The number of carbonyl (C=O) groups is 2. The van der Waals surface area contributed by atoms with Gasteiger partial charge in [-0.05, 0) is 13.0 Å². The summed E-state index contributed by atoms with van der Waals surface area (Å²) < 4.78 is 0. The van der Waals surface area contributed by atoms with E-state index in [0.717, 1.165) is 11.0 Å². The summed E-state index contributed by atoms with van der Waals surface area (Å²) in [6.45, 7) is 2.03. The van der Waals surface area contributed by atoms with E-state index in [-0.39, 0.29) is 28.1 Å². The number of nitro groups is 1. The number of likely N-dealkylation sites (N-methyl/N-ethyl adjacent to an activating group) is 2. The fourth-order valence-corrected chi connectivity index (χ4v) is 1.98. The van der Waals surface area contributed by atoms with Gasteiger partial charge < -0.3 is 10.2 Å². The molecule has 0 heterocycles. The van der Waals surface area contributed by atoms with Crippen LogP contribution in [0.5, 0.6) is 0 Å². The predicted molar refractivity (Wildman–Crippen MR) is 78.8 cm³/mol. The molecule has 1 rings (SSSR count). The zero-order chi connectivity index (χ0) is 16.2. The SMILES string of the molecule is CCNC(=O)CN(C)C(=O)c1cc(Cl)c(Cl)c([N+](=O)[O-])c1. The largest absolute Gasteiger partial charge is 0.355 e. The van der Waals surface area contributed by atoms with Crippen molar-refractivity contribution >= 4 is 40.7 Å². The number of hydrogen-bond donors (Lipinski definition) is 1. The number of benzene rings is 1. The highest BCUT2D eigenvalue weighted by atomic mass is 35.5. The Morgan fingerprint density at radius 2 is 2.00 bits per heavy atom. The summed E-state index contributed by atoms with van der Waals surface area (Å²) in [6.07, 6.45) is 0. The highest BCUT2D eigenvalue weighted by molar-refractivity contribution is 6.43. The van der Waals surface area contributed by atoms with Crippen molar-refractivity contribution in [2.45, 2.75) is 6.92 Å². The molecule has 0 aromatic heterocycles. The first kappa shape index (κ1) is 17.2. The van der Waals surface area contributed by atoms with Crippen LogP contribution in [0.2, 0.25) is 10.0 Å². The van der Waals surface area contributed by atoms with Gasteiger partial charge in [-0.1, -0.05) is 23.2 Å². The molecule has 1 aromatic rings. The van der Waals surface area contributed by atoms with Crippen LogP contribution in [0.15, 0.2) is 12.1 Å². The first-order chi connectivity index (χ1) is 9.77. The van der Waals surface area contributed by atoms with Crippen LogP contribution in [-0.4, -0.2) is 41.8 Å². The molecule has 1 aromatic carbocycles. The molecule has 0 unspecified atom stereocenters. The second-order valence-corrected chi connectivity index (χ2v) is 4.95. The Bertz CT molecular complexity index is 592. The van der Waals surface area contributed by atoms with Gasteiger partial charge in [-0.15, -0.1) is 0 Å². The first-order valence-electron chi connectivity index (χ1n) is 5.93. The smallest absolute Gasteiger partial charge is 0.290 e. The van der Waals surface area contributed by atoms with E-state index in [2.05, 4.69) is 5.32 Å². The van der Waals surface area contributed by atoms with Gasteiger partial charge in [0.25, 0.3) is 11.6 Å². The predicted octanol–water partition coefficient (Wildman–Crippen LogP) is 2.11. The van der Waals surface area contributed by atoms with Crippen LogP contribution >= 0.6 is 23.2 Å². The Kier molecular flexibility index (Phi) is 5.92. The van der Waals surface area contributed by atoms with Crippen LogP contribution in [-0.2, 0) is 4.79 Å². The van der Waals surface area contributed by atoms with Crippen LogP contribution in [0.1, 0.15) is 17.3 Å². The molecule has 0 saturated carbocycles. The monoisotopic (exact) mass is 333 g/mol. The van der Waals surface area contributed by atoms with Crippen molar-refractivity contribution < 1.29 is 14.5 Å². The Hall–Kier alpha value is -1.86. The first-order valence-corrected chi connectivity index (χ1v) is 6.69. The lowest BCUT2D eigenvalue weighted by Crippen LogP contribution is -2.38. The fourth-order valence-electron chi connectivity index (χ4n) is 1.59. The minimum absolute atomic E-state index is 0.0112. The molecule has 21 heavy (non-hydrogen) atoms. The number of amides is 2. The molecule has 0 radical (unpaired) electrons. The fraction of sp³-hybridized carbons (Fsp3) is 0.333. The molecule has 0 saturated heterocycles. The van der Waals surface area contributed by atoms with Crippen molar-refractivity contribution in [3.05, 3.63) is 37.9 Å². The van der Waals surface area contributed by atoms with Gasteiger partial charge in [-0.2, -0.15) is 0 Å². The van der Waals surface area contributed by atoms with Gasteiger partial charge >= 0.3 is 0 Å². The average Bonchev–Trinajstić information content (AvgIpc) is 2.40. The van der Waals surface area contributed by atoms with E-state index in [1.165, 1.54) is 13.1 Å². The highest BCUT2D eigenvalue weighted by Crippen LogP contribution is 2.33. The number of rotatable bonds is 5. The maximum Gasteiger partial charge on any atom is 0.290 e. The molecule has 9 heteroatoms. The van der Waals surface area contributed by atoms with Crippen molar-refractivity contribution in [1.82, 2.24) is 10.2 Å². The molecule has 0 aliphatic rings. The van der Waals surface area contributed by atoms with Gasteiger partial charge in [0.2, 0.25) is 5.91 Å². The summed E-state index contributed by atoms with van der Waals surface area (Å²) in [5, 5.41) is 13.1. The zero-order valence-electron chi connectivity index (χ0n) is 11.4. The van der Waals surface area contributed by atoms with Crippen molar-refractivity contribution in [3.8, 4) is 0 Å². The summed E-state index contributed by atoms with van der Waals surface area (Å²) in [5.41, 5.74) is -0.471. The van der Waals surface area contributed by atoms with Crippen molar-refractivity contribution in [3.63, 3.8) is 0 Å². The topological polar surface area (TPSA) is 92.6 Å². The maximum absolute atomic E-state index is 12.1. The quantitative estimate of drug-likeness (QED) is 0.659. The Morgan fingerprint density at radius 1 is 1.38 bits per heavy atom. The number of hydrogen-bond acceptors (Lipinski definition) is 4. The molecular formula is C12H13Cl2N3O4. The molecule has 0 spiro atoms. The lowest BCUT2D eigenvalue weighted by molar-refractivity contribution is -0.384.